The van der Waals surface area contributed by atoms with Crippen molar-refractivity contribution >= 4 is 22.9 Å². The fourth-order valence-corrected chi connectivity index (χ4v) is 2.91. The second-order valence-corrected chi connectivity index (χ2v) is 6.14. The first-order valence-corrected chi connectivity index (χ1v) is 7.95. The molecule has 1 aromatic heterocycles. The van der Waals surface area contributed by atoms with Crippen LogP contribution in [0.3, 0.4) is 0 Å². The van der Waals surface area contributed by atoms with E-state index in [9.17, 15) is 31.9 Å². The van der Waals surface area contributed by atoms with Crippen LogP contribution in [0.5, 0.6) is 5.75 Å². The Morgan fingerprint density at radius 1 is 1.31 bits per heavy atom. The molecule has 2 rings (SSSR count). The molecule has 0 fully saturated rings. The van der Waals surface area contributed by atoms with Crippen LogP contribution in [-0.4, -0.2) is 28.8 Å². The largest absolute Gasteiger partial charge is 0.435 e. The molecular formula is C15H13F5N2O3S. The van der Waals surface area contributed by atoms with Gasteiger partial charge in [0.15, 0.2) is 0 Å². The third kappa shape index (κ3) is 4.67. The lowest BCUT2D eigenvalue weighted by molar-refractivity contribution is -0.266. The highest BCUT2D eigenvalue weighted by Crippen LogP contribution is 2.43. The fraction of sp³-hybridized carbons (Fsp3) is 0.333. The third-order valence-corrected chi connectivity index (χ3v) is 4.33. The zero-order valence-corrected chi connectivity index (χ0v) is 14.0. The van der Waals surface area contributed by atoms with Gasteiger partial charge in [0.25, 0.3) is 0 Å². The van der Waals surface area contributed by atoms with E-state index in [1.807, 2.05) is 0 Å². The lowest BCUT2D eigenvalue weighted by Gasteiger charge is -2.27. The van der Waals surface area contributed by atoms with E-state index in [2.05, 4.69) is 15.0 Å². The van der Waals surface area contributed by atoms with E-state index in [1.165, 1.54) is 24.4 Å². The normalized spacial score (nSPS) is 14.2. The van der Waals surface area contributed by atoms with Gasteiger partial charge in [-0.05, 0) is 31.2 Å². The number of aromatic nitrogens is 1. The summed E-state index contributed by atoms with van der Waals surface area (Å²) < 4.78 is 68.2. The van der Waals surface area contributed by atoms with Crippen LogP contribution in [0.15, 0.2) is 29.6 Å². The van der Waals surface area contributed by atoms with Crippen LogP contribution in [0, 0.1) is 6.92 Å². The first-order chi connectivity index (χ1) is 12.0. The summed E-state index contributed by atoms with van der Waals surface area (Å²) >= 11 is 0.591. The number of carbonyl (C=O) groups is 1. The zero-order valence-electron chi connectivity index (χ0n) is 13.2. The summed E-state index contributed by atoms with van der Waals surface area (Å²) in [6, 6.07) is 4.58. The average Bonchev–Trinajstić information content (AvgIpc) is 2.94. The van der Waals surface area contributed by atoms with Crippen molar-refractivity contribution in [2.45, 2.75) is 31.7 Å². The number of thiazole rings is 1. The number of nitrogens with one attached hydrogen (secondary N) is 1. The van der Waals surface area contributed by atoms with E-state index in [0.29, 0.717) is 11.3 Å². The molecule has 0 aliphatic heterocycles. The number of rotatable bonds is 6. The van der Waals surface area contributed by atoms with Crippen molar-refractivity contribution in [3.63, 3.8) is 0 Å². The molecule has 26 heavy (non-hydrogen) atoms. The highest BCUT2D eigenvalue weighted by Gasteiger charge is 2.58. The zero-order chi connectivity index (χ0) is 19.5. The maximum absolute atomic E-state index is 13.3. The Hall–Kier alpha value is -2.27. The molecule has 5 nitrogen and oxygen atoms in total. The van der Waals surface area contributed by atoms with Gasteiger partial charge in [-0.2, -0.15) is 22.0 Å². The van der Waals surface area contributed by atoms with Crippen molar-refractivity contribution in [3.8, 4) is 5.75 Å². The van der Waals surface area contributed by atoms with Crippen LogP contribution < -0.4 is 10.1 Å². The Morgan fingerprint density at radius 3 is 2.38 bits per heavy atom. The van der Waals surface area contributed by atoms with Gasteiger partial charge in [0.2, 0.25) is 11.5 Å². The van der Waals surface area contributed by atoms with Crippen LogP contribution in [-0.2, 0) is 10.4 Å². The van der Waals surface area contributed by atoms with Gasteiger partial charge in [-0.15, -0.1) is 11.3 Å². The second-order valence-electron chi connectivity index (χ2n) is 5.28. The van der Waals surface area contributed by atoms with Gasteiger partial charge >= 0.3 is 12.8 Å². The average molecular weight is 396 g/mol. The number of amides is 1. The van der Waals surface area contributed by atoms with E-state index in [4.69, 9.17) is 0 Å². The molecule has 1 unspecified atom stereocenters. The smallest absolute Gasteiger partial charge is 0.424 e. The maximum Gasteiger partial charge on any atom is 0.424 e. The number of alkyl halides is 5. The Bertz CT molecular complexity index is 763. The monoisotopic (exact) mass is 396 g/mol. The quantitative estimate of drug-likeness (QED) is 0.728. The molecule has 0 spiro atoms. The Morgan fingerprint density at radius 2 is 1.92 bits per heavy atom. The molecule has 0 aliphatic carbocycles. The van der Waals surface area contributed by atoms with Crippen molar-refractivity contribution in [1.82, 2.24) is 4.98 Å². The van der Waals surface area contributed by atoms with Gasteiger partial charge in [0.1, 0.15) is 10.8 Å². The Balaban J connectivity index is 2.13. The number of halogens is 5. The molecule has 2 aromatic rings. The van der Waals surface area contributed by atoms with Gasteiger partial charge in [-0.3, -0.25) is 4.79 Å². The number of carbonyl (C=O) groups excluding carboxylic acids is 1. The summed E-state index contributed by atoms with van der Waals surface area (Å²) in [7, 11) is 0. The molecule has 1 aromatic carbocycles. The predicted octanol–water partition coefficient (Wildman–Crippen LogP) is 3.83. The van der Waals surface area contributed by atoms with E-state index in [1.54, 1.807) is 0 Å². The third-order valence-electron chi connectivity index (χ3n) is 3.22. The number of nitrogens with zero attached hydrogens (tertiary/aromatic N) is 1. The summed E-state index contributed by atoms with van der Waals surface area (Å²) in [5.41, 5.74) is -3.10. The van der Waals surface area contributed by atoms with E-state index >= 15 is 0 Å². The minimum atomic E-state index is -5.12. The van der Waals surface area contributed by atoms with Gasteiger partial charge in [-0.1, -0.05) is 0 Å². The van der Waals surface area contributed by atoms with Gasteiger partial charge in [0.05, 0.1) is 6.42 Å². The van der Waals surface area contributed by atoms with Crippen LogP contribution >= 0.6 is 11.3 Å². The highest BCUT2D eigenvalue weighted by atomic mass is 32.1. The molecule has 1 amide bonds. The number of hydrogen-bond donors (Lipinski definition) is 2. The Labute approximate surface area is 148 Å². The van der Waals surface area contributed by atoms with Gasteiger partial charge in [0, 0.05) is 16.8 Å². The minimum absolute atomic E-state index is 0.0523. The lowest BCUT2D eigenvalue weighted by atomic mass is 9.99. The van der Waals surface area contributed by atoms with Crippen LogP contribution in [0.25, 0.3) is 0 Å². The lowest BCUT2D eigenvalue weighted by Crippen LogP contribution is -2.45. The van der Waals surface area contributed by atoms with Crippen LogP contribution in [0.1, 0.15) is 17.1 Å². The summed E-state index contributed by atoms with van der Waals surface area (Å²) in [4.78, 5) is 15.6. The molecule has 0 bridgehead atoms. The van der Waals surface area contributed by atoms with Crippen LogP contribution in [0.4, 0.5) is 27.6 Å². The van der Waals surface area contributed by atoms with E-state index in [-0.39, 0.29) is 17.1 Å². The highest BCUT2D eigenvalue weighted by molar-refractivity contribution is 7.09. The number of benzene rings is 1. The molecule has 0 aliphatic rings. The molecule has 11 heteroatoms. The number of hydrogen-bond acceptors (Lipinski definition) is 5. The first-order valence-electron chi connectivity index (χ1n) is 7.08. The molecular weight excluding hydrogens is 383 g/mol. The Kier molecular flexibility index (Phi) is 5.81. The number of ether oxygens (including phenoxy) is 1. The molecule has 142 valence electrons. The predicted molar refractivity (Wildman–Crippen MR) is 83.1 cm³/mol. The van der Waals surface area contributed by atoms with E-state index < -0.39 is 35.7 Å². The molecule has 0 saturated carbocycles. The van der Waals surface area contributed by atoms with Crippen LogP contribution in [0.2, 0.25) is 0 Å². The molecule has 2 N–H and O–H groups in total. The molecule has 1 atom stereocenters. The summed E-state index contributed by atoms with van der Waals surface area (Å²) in [6.45, 7) is -1.57. The van der Waals surface area contributed by atoms with Crippen molar-refractivity contribution in [2.24, 2.45) is 0 Å². The fourth-order valence-electron chi connectivity index (χ4n) is 2.00. The molecule has 1 heterocycles. The SMILES string of the molecule is Cc1csc(C(O)(CC(=O)Nc2ccc(OC(F)F)cc2)C(F)(F)F)n1. The number of aliphatic hydroxyl groups is 1. The number of anilines is 1. The summed E-state index contributed by atoms with van der Waals surface area (Å²) in [5.74, 6) is -1.30. The standard InChI is InChI=1S/C15H13F5N2O3S/c1-8-7-26-12(21-8)14(24,15(18,19)20)6-11(23)22-9-2-4-10(5-3-9)25-13(16)17/h2-5,7,13,24H,6H2,1H3,(H,22,23). The summed E-state index contributed by atoms with van der Waals surface area (Å²) in [6.07, 6.45) is -6.43. The van der Waals surface area contributed by atoms with Crippen molar-refractivity contribution < 1.29 is 36.6 Å². The number of aryl methyl sites for hydroxylation is 1. The second kappa shape index (κ2) is 7.54. The molecule has 0 saturated heterocycles. The molecule has 0 radical (unpaired) electrons. The van der Waals surface area contributed by atoms with Gasteiger partial charge in [-0.25, -0.2) is 4.98 Å². The minimum Gasteiger partial charge on any atom is -0.435 e. The van der Waals surface area contributed by atoms with Crippen molar-refractivity contribution in [1.29, 1.82) is 0 Å². The van der Waals surface area contributed by atoms with Gasteiger partial charge < -0.3 is 15.2 Å². The van der Waals surface area contributed by atoms with Crippen molar-refractivity contribution in [2.75, 3.05) is 5.32 Å². The maximum atomic E-state index is 13.3. The topological polar surface area (TPSA) is 71.5 Å². The van der Waals surface area contributed by atoms with E-state index in [0.717, 1.165) is 12.1 Å². The van der Waals surface area contributed by atoms with Crippen molar-refractivity contribution in [3.05, 3.63) is 40.3 Å². The first kappa shape index (κ1) is 20.0. The summed E-state index contributed by atoms with van der Waals surface area (Å²) in [5, 5.41) is 12.9.